The highest BCUT2D eigenvalue weighted by atomic mass is 15.3. The van der Waals surface area contributed by atoms with Gasteiger partial charge in [0.15, 0.2) is 0 Å². The van der Waals surface area contributed by atoms with E-state index in [2.05, 4.69) is 30.0 Å². The molecule has 4 heteroatoms. The summed E-state index contributed by atoms with van der Waals surface area (Å²) in [6.07, 6.45) is 0.961. The predicted octanol–water partition coefficient (Wildman–Crippen LogP) is -1.46. The second-order valence-electron chi connectivity index (χ2n) is 2.71. The van der Waals surface area contributed by atoms with E-state index in [0.29, 0.717) is 0 Å². The molecule has 0 aromatic rings. The molecule has 0 unspecified atom stereocenters. The maximum Gasteiger partial charge on any atom is 0.126 e. The van der Waals surface area contributed by atoms with Crippen molar-refractivity contribution in [2.45, 2.75) is 0 Å². The number of nitrogens with zero attached hydrogens (tertiary/aromatic N) is 1. The molecule has 1 aliphatic heterocycles. The van der Waals surface area contributed by atoms with Gasteiger partial charge in [-0.1, -0.05) is 6.58 Å². The van der Waals surface area contributed by atoms with Crippen LogP contribution in [0.2, 0.25) is 0 Å². The molecule has 0 amide bonds. The lowest BCUT2D eigenvalue weighted by Crippen LogP contribution is -2.45. The molecule has 1 saturated heterocycles. The van der Waals surface area contributed by atoms with Gasteiger partial charge in [-0.05, 0) is 6.44 Å². The molecule has 2 N–H and O–H groups in total. The van der Waals surface area contributed by atoms with Gasteiger partial charge in [0.25, 0.3) is 0 Å². The second-order valence-corrected chi connectivity index (χ2v) is 2.71. The first-order valence-electron chi connectivity index (χ1n) is 4.23. The third-order valence-corrected chi connectivity index (χ3v) is 1.88. The van der Waals surface area contributed by atoms with Crippen molar-refractivity contribution >= 4 is 7.85 Å². The molecule has 0 radical (unpaired) electrons. The summed E-state index contributed by atoms with van der Waals surface area (Å²) in [5.41, 5.74) is 0. The number of piperazine rings is 1. The number of rotatable bonds is 3. The minimum absolute atomic E-state index is 0.961. The Labute approximate surface area is 69.2 Å². The van der Waals surface area contributed by atoms with Crippen molar-refractivity contribution in [3.63, 3.8) is 0 Å². The summed E-state index contributed by atoms with van der Waals surface area (Å²) in [5.74, 6) is 1.06. The molecule has 0 aromatic heterocycles. The molecule has 0 aromatic carbocycles. The molecule has 1 aliphatic rings. The van der Waals surface area contributed by atoms with Crippen molar-refractivity contribution in [3.05, 3.63) is 12.4 Å². The summed E-state index contributed by atoms with van der Waals surface area (Å²) in [7, 11) is 2.09. The topological polar surface area (TPSA) is 27.3 Å². The first kappa shape index (κ1) is 8.46. The molecular formula is C7H16BN3. The van der Waals surface area contributed by atoms with E-state index >= 15 is 0 Å². The third kappa shape index (κ3) is 2.46. The molecular weight excluding hydrogens is 137 g/mol. The van der Waals surface area contributed by atoms with E-state index in [4.69, 9.17) is 0 Å². The summed E-state index contributed by atoms with van der Waals surface area (Å²) < 4.78 is 0. The molecule has 0 aliphatic carbocycles. The molecule has 1 rings (SSSR count). The average molecular weight is 153 g/mol. The Morgan fingerprint density at radius 2 is 2.18 bits per heavy atom. The van der Waals surface area contributed by atoms with E-state index in [-0.39, 0.29) is 0 Å². The smallest absolute Gasteiger partial charge is 0.126 e. The van der Waals surface area contributed by atoms with E-state index in [9.17, 15) is 0 Å². The van der Waals surface area contributed by atoms with Crippen molar-refractivity contribution in [1.29, 1.82) is 0 Å². The van der Waals surface area contributed by atoms with Crippen molar-refractivity contribution in [3.8, 4) is 0 Å². The lowest BCUT2D eigenvalue weighted by atomic mass is 10.2. The van der Waals surface area contributed by atoms with Gasteiger partial charge in [0, 0.05) is 26.2 Å². The zero-order valence-electron chi connectivity index (χ0n) is 7.19. The summed E-state index contributed by atoms with van der Waals surface area (Å²) in [6, 6.07) is 0. The van der Waals surface area contributed by atoms with Gasteiger partial charge >= 0.3 is 0 Å². The normalized spacial score (nSPS) is 18.0. The van der Waals surface area contributed by atoms with Crippen LogP contribution in [0.15, 0.2) is 12.4 Å². The lowest BCUT2D eigenvalue weighted by Gasteiger charge is -2.31. The Morgan fingerprint density at radius 3 is 2.73 bits per heavy atom. The molecule has 0 spiro atoms. The Kier molecular flexibility index (Phi) is 3.30. The van der Waals surface area contributed by atoms with E-state index in [1.165, 1.54) is 0 Å². The molecule has 1 heterocycles. The monoisotopic (exact) mass is 153 g/mol. The van der Waals surface area contributed by atoms with Gasteiger partial charge in [0.05, 0.1) is 5.82 Å². The summed E-state index contributed by atoms with van der Waals surface area (Å²) in [5, 5.41) is 6.52. The van der Waals surface area contributed by atoms with Crippen LogP contribution in [0.5, 0.6) is 0 Å². The highest BCUT2D eigenvalue weighted by Gasteiger charge is 2.09. The van der Waals surface area contributed by atoms with Crippen LogP contribution in [0.3, 0.4) is 0 Å². The van der Waals surface area contributed by atoms with Crippen LogP contribution in [-0.2, 0) is 0 Å². The largest absolute Gasteiger partial charge is 0.381 e. The first-order chi connectivity index (χ1) is 5.34. The fraction of sp³-hybridized carbons (Fsp3) is 0.714. The van der Waals surface area contributed by atoms with Gasteiger partial charge in [0.1, 0.15) is 7.85 Å². The molecule has 0 saturated carbocycles. The molecule has 3 nitrogen and oxygen atoms in total. The van der Waals surface area contributed by atoms with Crippen molar-refractivity contribution < 1.29 is 0 Å². The Morgan fingerprint density at radius 1 is 1.55 bits per heavy atom. The van der Waals surface area contributed by atoms with Gasteiger partial charge in [0.2, 0.25) is 0 Å². The fourth-order valence-corrected chi connectivity index (χ4v) is 1.25. The Balaban J connectivity index is 2.27. The fourth-order valence-electron chi connectivity index (χ4n) is 1.25. The van der Waals surface area contributed by atoms with Crippen LogP contribution in [-0.4, -0.2) is 45.4 Å². The van der Waals surface area contributed by atoms with Gasteiger partial charge < -0.3 is 15.5 Å². The Hall–Kier alpha value is -0.635. The second kappa shape index (κ2) is 4.29. The van der Waals surface area contributed by atoms with E-state index in [1.54, 1.807) is 0 Å². The van der Waals surface area contributed by atoms with Gasteiger partial charge in [-0.15, -0.1) is 0 Å². The molecule has 1 fully saturated rings. The SMILES string of the molecule is BCNC(=C)N1CCNCC1. The van der Waals surface area contributed by atoms with Crippen LogP contribution in [0, 0.1) is 0 Å². The summed E-state index contributed by atoms with van der Waals surface area (Å²) >= 11 is 0. The molecule has 0 atom stereocenters. The molecule has 11 heavy (non-hydrogen) atoms. The lowest BCUT2D eigenvalue weighted by molar-refractivity contribution is 0.285. The number of nitrogens with one attached hydrogen (secondary N) is 2. The van der Waals surface area contributed by atoms with Crippen LogP contribution in [0.25, 0.3) is 0 Å². The minimum Gasteiger partial charge on any atom is -0.381 e. The van der Waals surface area contributed by atoms with Crippen LogP contribution >= 0.6 is 0 Å². The average Bonchev–Trinajstić information content (AvgIpc) is 2.07. The molecule has 62 valence electrons. The quantitative estimate of drug-likeness (QED) is 0.485. The Bertz CT molecular complexity index is 132. The number of hydrogen-bond acceptors (Lipinski definition) is 3. The van der Waals surface area contributed by atoms with E-state index in [1.807, 2.05) is 0 Å². The van der Waals surface area contributed by atoms with Gasteiger partial charge in [-0.25, -0.2) is 0 Å². The minimum atomic E-state index is 0.961. The summed E-state index contributed by atoms with van der Waals surface area (Å²) in [4.78, 5) is 2.28. The maximum atomic E-state index is 3.96. The van der Waals surface area contributed by atoms with Crippen molar-refractivity contribution in [2.24, 2.45) is 0 Å². The van der Waals surface area contributed by atoms with Crippen LogP contribution in [0.1, 0.15) is 0 Å². The van der Waals surface area contributed by atoms with E-state index in [0.717, 1.165) is 38.4 Å². The van der Waals surface area contributed by atoms with Crippen LogP contribution in [0.4, 0.5) is 0 Å². The van der Waals surface area contributed by atoms with Gasteiger partial charge in [-0.2, -0.15) is 0 Å². The zero-order chi connectivity index (χ0) is 8.10. The van der Waals surface area contributed by atoms with Crippen molar-refractivity contribution in [1.82, 2.24) is 15.5 Å². The standard InChI is InChI=1S/C7H16BN3/c1-7(10-6-8)11-4-2-9-3-5-11/h9-10H,1-6,8H2. The third-order valence-electron chi connectivity index (χ3n) is 1.88. The van der Waals surface area contributed by atoms with E-state index < -0.39 is 0 Å². The number of hydrogen-bond donors (Lipinski definition) is 2. The van der Waals surface area contributed by atoms with Crippen LogP contribution < -0.4 is 10.6 Å². The predicted molar refractivity (Wildman–Crippen MR) is 50.1 cm³/mol. The van der Waals surface area contributed by atoms with Gasteiger partial charge in [-0.3, -0.25) is 0 Å². The molecule has 0 bridgehead atoms. The highest BCUT2D eigenvalue weighted by Crippen LogP contribution is 1.98. The highest BCUT2D eigenvalue weighted by molar-refractivity contribution is 6.08. The summed E-state index contributed by atoms with van der Waals surface area (Å²) in [6.45, 7) is 8.25. The van der Waals surface area contributed by atoms with Crippen molar-refractivity contribution in [2.75, 3.05) is 32.6 Å². The maximum absolute atomic E-state index is 3.96. The first-order valence-corrected chi connectivity index (χ1v) is 4.23. The zero-order valence-corrected chi connectivity index (χ0v) is 7.19.